The zero-order valence-corrected chi connectivity index (χ0v) is 10.4. The molecular weight excluding hydrogens is 210 g/mol. The summed E-state index contributed by atoms with van der Waals surface area (Å²) < 4.78 is 0. The molecule has 3 nitrogen and oxygen atoms in total. The van der Waals surface area contributed by atoms with Crippen molar-refractivity contribution in [3.8, 4) is 0 Å². The zero-order valence-electron chi connectivity index (χ0n) is 10.4. The number of aryl methyl sites for hydroxylation is 3. The first-order chi connectivity index (χ1) is 8.06. The maximum Gasteiger partial charge on any atom is 0.132 e. The van der Waals surface area contributed by atoms with Gasteiger partial charge in [-0.25, -0.2) is 4.98 Å². The molecule has 0 bridgehead atoms. The van der Waals surface area contributed by atoms with Gasteiger partial charge in [0.1, 0.15) is 5.82 Å². The van der Waals surface area contributed by atoms with E-state index in [1.54, 1.807) is 12.3 Å². The molecule has 17 heavy (non-hydrogen) atoms. The summed E-state index contributed by atoms with van der Waals surface area (Å²) >= 11 is 0. The van der Waals surface area contributed by atoms with Crippen LogP contribution in [-0.4, -0.2) is 4.98 Å². The molecule has 0 aliphatic rings. The Balaban J connectivity index is 2.36. The van der Waals surface area contributed by atoms with Crippen LogP contribution in [0.2, 0.25) is 0 Å². The number of pyridine rings is 1. The number of nitrogen functional groups attached to an aromatic ring is 1. The lowest BCUT2D eigenvalue weighted by molar-refractivity contribution is 1.26. The summed E-state index contributed by atoms with van der Waals surface area (Å²) in [5.41, 5.74) is 11.2. The summed E-state index contributed by atoms with van der Waals surface area (Å²) in [6.45, 7) is 6.28. The molecule has 0 unspecified atom stereocenters. The van der Waals surface area contributed by atoms with E-state index in [1.807, 2.05) is 6.07 Å². The Morgan fingerprint density at radius 2 is 1.71 bits per heavy atom. The number of rotatable bonds is 2. The molecule has 0 amide bonds. The van der Waals surface area contributed by atoms with E-state index >= 15 is 0 Å². The van der Waals surface area contributed by atoms with Crippen molar-refractivity contribution in [3.05, 3.63) is 47.2 Å². The van der Waals surface area contributed by atoms with Crippen LogP contribution in [0.5, 0.6) is 0 Å². The lowest BCUT2D eigenvalue weighted by Crippen LogP contribution is -1.99. The summed E-state index contributed by atoms with van der Waals surface area (Å²) in [6.07, 6.45) is 1.70. The van der Waals surface area contributed by atoms with Crippen molar-refractivity contribution < 1.29 is 0 Å². The van der Waals surface area contributed by atoms with E-state index in [0.29, 0.717) is 5.69 Å². The Bertz CT molecular complexity index is 524. The molecule has 0 saturated heterocycles. The van der Waals surface area contributed by atoms with E-state index in [1.165, 1.54) is 16.7 Å². The first kappa shape index (κ1) is 11.5. The standard InChI is InChI=1S/C14H17N3/c1-9-6-10(2)14(11(3)7-9)17-13-8-12(15)4-5-16-13/h4-8H,1-3H3,(H3,15,16,17). The maximum absolute atomic E-state index is 5.73. The minimum Gasteiger partial charge on any atom is -0.399 e. The lowest BCUT2D eigenvalue weighted by atomic mass is 10.1. The van der Waals surface area contributed by atoms with Gasteiger partial charge in [-0.2, -0.15) is 0 Å². The third kappa shape index (κ3) is 2.56. The average Bonchev–Trinajstić information content (AvgIpc) is 2.23. The summed E-state index contributed by atoms with van der Waals surface area (Å²) in [6, 6.07) is 7.92. The summed E-state index contributed by atoms with van der Waals surface area (Å²) in [7, 11) is 0. The fraction of sp³-hybridized carbons (Fsp3) is 0.214. The Kier molecular flexibility index (Phi) is 3.00. The van der Waals surface area contributed by atoms with Crippen molar-refractivity contribution in [1.29, 1.82) is 0 Å². The van der Waals surface area contributed by atoms with Crippen LogP contribution in [0.25, 0.3) is 0 Å². The normalized spacial score (nSPS) is 10.3. The number of hydrogen-bond donors (Lipinski definition) is 2. The van der Waals surface area contributed by atoms with Crippen LogP contribution in [0.15, 0.2) is 30.5 Å². The number of nitrogens with zero attached hydrogens (tertiary/aromatic N) is 1. The maximum atomic E-state index is 5.73. The fourth-order valence-corrected chi connectivity index (χ4v) is 2.02. The van der Waals surface area contributed by atoms with Gasteiger partial charge in [-0.15, -0.1) is 0 Å². The van der Waals surface area contributed by atoms with Gasteiger partial charge >= 0.3 is 0 Å². The molecule has 3 heteroatoms. The molecule has 0 atom stereocenters. The molecule has 0 aliphatic heterocycles. The van der Waals surface area contributed by atoms with E-state index in [-0.39, 0.29) is 0 Å². The predicted molar refractivity (Wildman–Crippen MR) is 72.6 cm³/mol. The molecular formula is C14H17N3. The van der Waals surface area contributed by atoms with E-state index < -0.39 is 0 Å². The highest BCUT2D eigenvalue weighted by atomic mass is 15.0. The smallest absolute Gasteiger partial charge is 0.132 e. The minimum atomic E-state index is 0.713. The molecule has 2 rings (SSSR count). The first-order valence-electron chi connectivity index (χ1n) is 5.62. The van der Waals surface area contributed by atoms with Gasteiger partial charge in [0, 0.05) is 23.6 Å². The van der Waals surface area contributed by atoms with E-state index in [4.69, 9.17) is 5.73 Å². The van der Waals surface area contributed by atoms with Gasteiger partial charge in [-0.1, -0.05) is 17.7 Å². The number of nitrogens with one attached hydrogen (secondary N) is 1. The number of benzene rings is 1. The van der Waals surface area contributed by atoms with Gasteiger partial charge in [0.25, 0.3) is 0 Å². The fourth-order valence-electron chi connectivity index (χ4n) is 2.02. The molecule has 0 radical (unpaired) electrons. The van der Waals surface area contributed by atoms with Crippen molar-refractivity contribution in [2.45, 2.75) is 20.8 Å². The Hall–Kier alpha value is -2.03. The van der Waals surface area contributed by atoms with Crippen molar-refractivity contribution in [1.82, 2.24) is 4.98 Å². The van der Waals surface area contributed by atoms with E-state index in [9.17, 15) is 0 Å². The van der Waals surface area contributed by atoms with Crippen molar-refractivity contribution in [2.24, 2.45) is 0 Å². The molecule has 1 aromatic carbocycles. The number of nitrogens with two attached hydrogens (primary N) is 1. The molecule has 1 aromatic heterocycles. The van der Waals surface area contributed by atoms with Gasteiger partial charge in [0.2, 0.25) is 0 Å². The Labute approximate surface area is 102 Å². The quantitative estimate of drug-likeness (QED) is 0.827. The predicted octanol–water partition coefficient (Wildman–Crippen LogP) is 3.33. The number of aromatic nitrogens is 1. The van der Waals surface area contributed by atoms with Gasteiger partial charge in [0.15, 0.2) is 0 Å². The Morgan fingerprint density at radius 3 is 2.29 bits per heavy atom. The van der Waals surface area contributed by atoms with E-state index in [2.05, 4.69) is 43.2 Å². The molecule has 0 spiro atoms. The average molecular weight is 227 g/mol. The number of hydrogen-bond acceptors (Lipinski definition) is 3. The summed E-state index contributed by atoms with van der Waals surface area (Å²) in [4.78, 5) is 4.25. The minimum absolute atomic E-state index is 0.713. The van der Waals surface area contributed by atoms with Crippen molar-refractivity contribution >= 4 is 17.2 Å². The second-order valence-electron chi connectivity index (χ2n) is 4.37. The topological polar surface area (TPSA) is 50.9 Å². The highest BCUT2D eigenvalue weighted by molar-refractivity contribution is 5.66. The highest BCUT2D eigenvalue weighted by Gasteiger charge is 2.04. The van der Waals surface area contributed by atoms with Crippen LogP contribution in [0.4, 0.5) is 17.2 Å². The van der Waals surface area contributed by atoms with Crippen LogP contribution in [0.3, 0.4) is 0 Å². The van der Waals surface area contributed by atoms with Gasteiger partial charge < -0.3 is 11.1 Å². The van der Waals surface area contributed by atoms with Crippen molar-refractivity contribution in [3.63, 3.8) is 0 Å². The van der Waals surface area contributed by atoms with Crippen LogP contribution < -0.4 is 11.1 Å². The lowest BCUT2D eigenvalue weighted by Gasteiger charge is -2.13. The van der Waals surface area contributed by atoms with Crippen molar-refractivity contribution in [2.75, 3.05) is 11.1 Å². The summed E-state index contributed by atoms with van der Waals surface area (Å²) in [5, 5.41) is 3.32. The largest absolute Gasteiger partial charge is 0.399 e. The third-order valence-corrected chi connectivity index (χ3v) is 2.71. The highest BCUT2D eigenvalue weighted by Crippen LogP contribution is 2.25. The molecule has 0 fully saturated rings. The van der Waals surface area contributed by atoms with Gasteiger partial charge in [0.05, 0.1) is 0 Å². The molecule has 1 heterocycles. The van der Waals surface area contributed by atoms with Crippen LogP contribution in [0, 0.1) is 20.8 Å². The van der Waals surface area contributed by atoms with Crippen LogP contribution in [0.1, 0.15) is 16.7 Å². The van der Waals surface area contributed by atoms with Crippen LogP contribution in [-0.2, 0) is 0 Å². The van der Waals surface area contributed by atoms with Gasteiger partial charge in [-0.05, 0) is 38.0 Å². The SMILES string of the molecule is Cc1cc(C)c(Nc2cc(N)ccn2)c(C)c1. The molecule has 88 valence electrons. The second kappa shape index (κ2) is 4.45. The molecule has 0 aliphatic carbocycles. The third-order valence-electron chi connectivity index (χ3n) is 2.71. The molecule has 2 aromatic rings. The Morgan fingerprint density at radius 1 is 1.06 bits per heavy atom. The number of anilines is 3. The van der Waals surface area contributed by atoms with Crippen LogP contribution >= 0.6 is 0 Å². The molecule has 0 saturated carbocycles. The first-order valence-corrected chi connectivity index (χ1v) is 5.62. The monoisotopic (exact) mass is 227 g/mol. The molecule has 3 N–H and O–H groups in total. The summed E-state index contributed by atoms with van der Waals surface area (Å²) in [5.74, 6) is 0.778. The van der Waals surface area contributed by atoms with E-state index in [0.717, 1.165) is 11.5 Å². The van der Waals surface area contributed by atoms with Gasteiger partial charge in [-0.3, -0.25) is 0 Å². The second-order valence-corrected chi connectivity index (χ2v) is 4.37. The zero-order chi connectivity index (χ0) is 12.4.